The number of hydrogen-bond donors (Lipinski definition) is 1. The quantitative estimate of drug-likeness (QED) is 0.803. The molecule has 0 aliphatic heterocycles. The van der Waals surface area contributed by atoms with Crippen LogP contribution in [-0.4, -0.2) is 4.99 Å². The van der Waals surface area contributed by atoms with E-state index in [0.717, 1.165) is 11.3 Å². The van der Waals surface area contributed by atoms with Gasteiger partial charge in [0.2, 0.25) is 0 Å². The summed E-state index contributed by atoms with van der Waals surface area (Å²) in [5, 5.41) is 3.81. The fourth-order valence-corrected chi connectivity index (χ4v) is 1.89. The predicted octanol–water partition coefficient (Wildman–Crippen LogP) is 4.44. The number of rotatable bonds is 2. The molecular formula is C14H12ClNS. The lowest BCUT2D eigenvalue weighted by Gasteiger charge is -2.09. The van der Waals surface area contributed by atoms with Crippen molar-refractivity contribution < 1.29 is 0 Å². The highest BCUT2D eigenvalue weighted by atomic mass is 35.5. The Hall–Kier alpha value is -1.38. The van der Waals surface area contributed by atoms with Crippen LogP contribution >= 0.6 is 23.8 Å². The van der Waals surface area contributed by atoms with Gasteiger partial charge in [-0.1, -0.05) is 65.8 Å². The molecule has 86 valence electrons. The molecule has 3 heteroatoms. The topological polar surface area (TPSA) is 12.0 Å². The fraction of sp³-hybridized carbons (Fsp3) is 0.0714. The molecule has 1 nitrogen and oxygen atoms in total. The average molecular weight is 262 g/mol. The number of aryl methyl sites for hydroxylation is 1. The Morgan fingerprint density at radius 3 is 2.35 bits per heavy atom. The Kier molecular flexibility index (Phi) is 3.77. The smallest absolute Gasteiger partial charge is 0.111 e. The molecule has 0 bridgehead atoms. The van der Waals surface area contributed by atoms with Crippen LogP contribution in [0.3, 0.4) is 0 Å². The summed E-state index contributed by atoms with van der Waals surface area (Å²) in [6.07, 6.45) is 0. The van der Waals surface area contributed by atoms with E-state index in [0.29, 0.717) is 10.0 Å². The van der Waals surface area contributed by atoms with Gasteiger partial charge in [0.15, 0.2) is 0 Å². The minimum Gasteiger partial charge on any atom is -0.345 e. The third-order valence-electron chi connectivity index (χ3n) is 2.44. The lowest BCUT2D eigenvalue weighted by atomic mass is 10.1. The van der Waals surface area contributed by atoms with Gasteiger partial charge in [-0.2, -0.15) is 0 Å². The second-order valence-electron chi connectivity index (χ2n) is 3.80. The van der Waals surface area contributed by atoms with Gasteiger partial charge in [0.25, 0.3) is 0 Å². The fourth-order valence-electron chi connectivity index (χ4n) is 1.46. The Balaban J connectivity index is 2.17. The van der Waals surface area contributed by atoms with Crippen molar-refractivity contribution in [3.05, 3.63) is 64.7 Å². The molecule has 0 amide bonds. The van der Waals surface area contributed by atoms with Crippen LogP contribution in [0.25, 0.3) is 0 Å². The maximum absolute atomic E-state index is 6.06. The molecule has 0 radical (unpaired) electrons. The van der Waals surface area contributed by atoms with Crippen molar-refractivity contribution in [2.45, 2.75) is 6.92 Å². The van der Waals surface area contributed by atoms with Gasteiger partial charge in [-0.15, -0.1) is 0 Å². The summed E-state index contributed by atoms with van der Waals surface area (Å²) in [5.41, 5.74) is 3.04. The first-order valence-corrected chi connectivity index (χ1v) is 6.08. The number of para-hydroxylation sites is 1. The van der Waals surface area contributed by atoms with Crippen molar-refractivity contribution in [1.29, 1.82) is 0 Å². The highest BCUT2D eigenvalue weighted by Gasteiger charge is 2.03. The first kappa shape index (κ1) is 12.1. The van der Waals surface area contributed by atoms with Crippen LogP contribution in [-0.2, 0) is 0 Å². The minimum absolute atomic E-state index is 0.668. The van der Waals surface area contributed by atoms with Gasteiger partial charge in [-0.3, -0.25) is 0 Å². The molecule has 0 saturated carbocycles. The lowest BCUT2D eigenvalue weighted by molar-refractivity contribution is 1.46. The molecule has 0 aromatic heterocycles. The summed E-state index contributed by atoms with van der Waals surface area (Å²) in [6, 6.07) is 15.6. The summed E-state index contributed by atoms with van der Waals surface area (Å²) in [6.45, 7) is 2.05. The van der Waals surface area contributed by atoms with E-state index in [1.54, 1.807) is 0 Å². The van der Waals surface area contributed by atoms with Gasteiger partial charge >= 0.3 is 0 Å². The normalized spacial score (nSPS) is 10.0. The second kappa shape index (κ2) is 5.30. The zero-order valence-corrected chi connectivity index (χ0v) is 11.0. The van der Waals surface area contributed by atoms with Crippen LogP contribution < -0.4 is 5.32 Å². The molecular weight excluding hydrogens is 250 g/mol. The van der Waals surface area contributed by atoms with E-state index in [1.807, 2.05) is 55.5 Å². The number of nitrogens with one attached hydrogen (secondary N) is 1. The first-order chi connectivity index (χ1) is 8.16. The average Bonchev–Trinajstić information content (AvgIpc) is 2.33. The van der Waals surface area contributed by atoms with Crippen molar-refractivity contribution in [3.8, 4) is 0 Å². The highest BCUT2D eigenvalue weighted by Crippen LogP contribution is 2.21. The van der Waals surface area contributed by atoms with Gasteiger partial charge in [0.1, 0.15) is 4.99 Å². The Labute approximate surface area is 111 Å². The summed E-state index contributed by atoms with van der Waals surface area (Å²) in [4.78, 5) is 0.679. The van der Waals surface area contributed by atoms with E-state index < -0.39 is 0 Å². The summed E-state index contributed by atoms with van der Waals surface area (Å²) in [7, 11) is 0. The molecule has 0 aliphatic rings. The Morgan fingerprint density at radius 2 is 1.71 bits per heavy atom. The van der Waals surface area contributed by atoms with Crippen molar-refractivity contribution >= 4 is 34.5 Å². The van der Waals surface area contributed by atoms with E-state index >= 15 is 0 Å². The third-order valence-corrected chi connectivity index (χ3v) is 3.10. The molecule has 0 aliphatic carbocycles. The number of hydrogen-bond acceptors (Lipinski definition) is 1. The Bertz CT molecular complexity index is 534. The lowest BCUT2D eigenvalue weighted by Crippen LogP contribution is -2.10. The molecule has 0 atom stereocenters. The van der Waals surface area contributed by atoms with Crippen LogP contribution in [0.4, 0.5) is 5.69 Å². The summed E-state index contributed by atoms with van der Waals surface area (Å²) < 4.78 is 0. The zero-order chi connectivity index (χ0) is 12.3. The summed E-state index contributed by atoms with van der Waals surface area (Å²) >= 11 is 11.4. The van der Waals surface area contributed by atoms with E-state index in [-0.39, 0.29) is 0 Å². The zero-order valence-electron chi connectivity index (χ0n) is 9.41. The molecule has 1 N–H and O–H groups in total. The molecule has 2 rings (SSSR count). The van der Waals surface area contributed by atoms with Gasteiger partial charge in [0, 0.05) is 5.56 Å². The molecule has 0 fully saturated rings. The van der Waals surface area contributed by atoms with E-state index in [2.05, 4.69) is 5.32 Å². The standard InChI is InChI=1S/C14H12ClNS/c1-10-6-8-11(9-7-10)14(17)16-13-5-3-2-4-12(13)15/h2-9H,1H3,(H,16,17). The van der Waals surface area contributed by atoms with Gasteiger partial charge in [0.05, 0.1) is 10.7 Å². The van der Waals surface area contributed by atoms with Crippen molar-refractivity contribution in [3.63, 3.8) is 0 Å². The molecule has 0 unspecified atom stereocenters. The number of thiocarbonyl (C=S) groups is 1. The largest absolute Gasteiger partial charge is 0.345 e. The van der Waals surface area contributed by atoms with Crippen LogP contribution in [0.5, 0.6) is 0 Å². The molecule has 2 aromatic rings. The first-order valence-electron chi connectivity index (χ1n) is 5.29. The van der Waals surface area contributed by atoms with Crippen molar-refractivity contribution in [2.24, 2.45) is 0 Å². The number of benzene rings is 2. The summed E-state index contributed by atoms with van der Waals surface area (Å²) in [5.74, 6) is 0. The molecule has 2 aromatic carbocycles. The van der Waals surface area contributed by atoms with Crippen LogP contribution in [0, 0.1) is 6.92 Å². The van der Waals surface area contributed by atoms with Gasteiger partial charge in [-0.25, -0.2) is 0 Å². The maximum atomic E-state index is 6.06. The SMILES string of the molecule is Cc1ccc(C(=S)Nc2ccccc2Cl)cc1. The van der Waals surface area contributed by atoms with E-state index in [9.17, 15) is 0 Å². The van der Waals surface area contributed by atoms with Crippen LogP contribution in [0.1, 0.15) is 11.1 Å². The third kappa shape index (κ3) is 3.05. The number of halogens is 1. The predicted molar refractivity (Wildman–Crippen MR) is 78.0 cm³/mol. The maximum Gasteiger partial charge on any atom is 0.111 e. The highest BCUT2D eigenvalue weighted by molar-refractivity contribution is 7.81. The van der Waals surface area contributed by atoms with Crippen molar-refractivity contribution in [2.75, 3.05) is 5.32 Å². The second-order valence-corrected chi connectivity index (χ2v) is 4.62. The van der Waals surface area contributed by atoms with Gasteiger partial charge < -0.3 is 5.32 Å². The molecule has 0 saturated heterocycles. The van der Waals surface area contributed by atoms with Gasteiger partial charge in [-0.05, 0) is 19.1 Å². The van der Waals surface area contributed by atoms with Crippen LogP contribution in [0.2, 0.25) is 5.02 Å². The minimum atomic E-state index is 0.668. The van der Waals surface area contributed by atoms with E-state index in [4.69, 9.17) is 23.8 Å². The molecule has 17 heavy (non-hydrogen) atoms. The Morgan fingerprint density at radius 1 is 1.06 bits per heavy atom. The van der Waals surface area contributed by atoms with Crippen molar-refractivity contribution in [1.82, 2.24) is 0 Å². The van der Waals surface area contributed by atoms with E-state index in [1.165, 1.54) is 5.56 Å². The molecule has 0 spiro atoms. The molecule has 0 heterocycles. The number of anilines is 1. The monoisotopic (exact) mass is 261 g/mol. The van der Waals surface area contributed by atoms with Crippen LogP contribution in [0.15, 0.2) is 48.5 Å².